The Morgan fingerprint density at radius 2 is 1.90 bits per heavy atom. The van der Waals surface area contributed by atoms with Crippen LogP contribution >= 0.6 is 15.9 Å². The summed E-state index contributed by atoms with van der Waals surface area (Å²) in [5, 5.41) is 11.5. The lowest BCUT2D eigenvalue weighted by Gasteiger charge is -2.37. The molecule has 1 aliphatic carbocycles. The molecular weight excluding hydrogens is 598 g/mol. The third kappa shape index (κ3) is 5.29. The number of aromatic nitrogens is 3. The molecule has 1 fully saturated rings. The fourth-order valence-corrected chi connectivity index (χ4v) is 6.07. The highest BCUT2D eigenvalue weighted by atomic mass is 79.9. The molecule has 0 saturated heterocycles. The second-order valence-electron chi connectivity index (χ2n) is 12.2. The SMILES string of the molecule is CC(C)(C)OC(=O)N1c2ccccc2C(NC(=O)C2CCC(n3cc(-c4cc(F)c(Br)c(F)c4N)nn3)C2)C1(C)C. The summed E-state index contributed by atoms with van der Waals surface area (Å²) in [5.74, 6) is -2.10. The highest BCUT2D eigenvalue weighted by Gasteiger charge is 2.50. The van der Waals surface area contributed by atoms with E-state index in [0.29, 0.717) is 24.9 Å². The van der Waals surface area contributed by atoms with Gasteiger partial charge in [-0.15, -0.1) is 5.10 Å². The maximum atomic E-state index is 14.3. The van der Waals surface area contributed by atoms with Crippen molar-refractivity contribution in [3.63, 3.8) is 0 Å². The summed E-state index contributed by atoms with van der Waals surface area (Å²) in [6.45, 7) is 9.28. The van der Waals surface area contributed by atoms with Gasteiger partial charge in [0.1, 0.15) is 17.1 Å². The molecule has 1 aromatic heterocycles. The number of nitrogens with two attached hydrogens (primary N) is 1. The van der Waals surface area contributed by atoms with Crippen molar-refractivity contribution >= 4 is 39.3 Å². The van der Waals surface area contributed by atoms with E-state index in [2.05, 4.69) is 31.6 Å². The van der Waals surface area contributed by atoms with Crippen molar-refractivity contribution in [2.45, 2.75) is 77.1 Å². The van der Waals surface area contributed by atoms with E-state index in [1.807, 2.05) is 58.9 Å². The zero-order chi connectivity index (χ0) is 29.9. The molecule has 2 amide bonds. The number of fused-ring (bicyclic) bond motifs is 1. The van der Waals surface area contributed by atoms with Gasteiger partial charge in [-0.05, 0) is 81.9 Å². The van der Waals surface area contributed by atoms with Crippen LogP contribution in [0, 0.1) is 17.6 Å². The molecular formula is C29H33BrF2N6O3. The maximum absolute atomic E-state index is 14.3. The number of benzene rings is 2. The van der Waals surface area contributed by atoms with Gasteiger partial charge in [0.05, 0.1) is 39.7 Å². The molecule has 3 aromatic rings. The first-order valence-electron chi connectivity index (χ1n) is 13.5. The van der Waals surface area contributed by atoms with Crippen molar-refractivity contribution in [1.29, 1.82) is 0 Å². The highest BCUT2D eigenvalue weighted by Crippen LogP contribution is 2.47. The first-order chi connectivity index (χ1) is 19.2. The second kappa shape index (κ2) is 10.4. The number of hydrogen-bond donors (Lipinski definition) is 2. The largest absolute Gasteiger partial charge is 0.443 e. The Labute approximate surface area is 245 Å². The van der Waals surface area contributed by atoms with Crippen LogP contribution in [0.5, 0.6) is 0 Å². The standard InChI is InChI=1S/C29H33BrF2N6O3/c1-28(2,3)41-27(40)38-21-9-7-6-8-17(21)25(29(38,4)5)34-26(39)15-10-11-16(12-15)37-14-20(35-36-37)18-13-19(31)22(30)23(32)24(18)33/h6-9,13-16,25H,10-12,33H2,1-5H3,(H,34,39). The first-order valence-corrected chi connectivity index (χ1v) is 14.3. The van der Waals surface area contributed by atoms with E-state index in [9.17, 15) is 18.4 Å². The number of para-hydroxylation sites is 1. The molecule has 1 aliphatic heterocycles. The fourth-order valence-electron chi connectivity index (χ4n) is 5.75. The average Bonchev–Trinajstić information content (AvgIpc) is 3.61. The van der Waals surface area contributed by atoms with Crippen molar-refractivity contribution in [2.24, 2.45) is 5.92 Å². The number of carbonyl (C=O) groups is 2. The van der Waals surface area contributed by atoms with Crippen LogP contribution in [0.3, 0.4) is 0 Å². The molecule has 1 saturated carbocycles. The molecule has 41 heavy (non-hydrogen) atoms. The minimum Gasteiger partial charge on any atom is -0.443 e. The Morgan fingerprint density at radius 1 is 1.20 bits per heavy atom. The van der Waals surface area contributed by atoms with Crippen molar-refractivity contribution in [3.8, 4) is 11.3 Å². The number of nitrogens with zero attached hydrogens (tertiary/aromatic N) is 4. The minimum absolute atomic E-state index is 0.110. The Hall–Kier alpha value is -3.54. The Balaban J connectivity index is 1.31. The normalized spacial score (nSPS) is 21.6. The number of halogens is 3. The number of nitrogen functional groups attached to an aromatic ring is 1. The number of carbonyl (C=O) groups excluding carboxylic acids is 2. The fraction of sp³-hybridized carbons (Fsp3) is 0.448. The predicted octanol–water partition coefficient (Wildman–Crippen LogP) is 6.30. The monoisotopic (exact) mass is 630 g/mol. The average molecular weight is 632 g/mol. The van der Waals surface area contributed by atoms with Crippen molar-refractivity contribution < 1.29 is 23.1 Å². The van der Waals surface area contributed by atoms with Gasteiger partial charge in [-0.3, -0.25) is 9.69 Å². The molecule has 3 N–H and O–H groups in total. The molecule has 3 atom stereocenters. The lowest BCUT2D eigenvalue weighted by atomic mass is 9.91. The second-order valence-corrected chi connectivity index (χ2v) is 13.0. The first kappa shape index (κ1) is 29.0. The molecule has 12 heteroatoms. The van der Waals surface area contributed by atoms with E-state index in [-0.39, 0.29) is 39.3 Å². The quantitative estimate of drug-likeness (QED) is 0.258. The van der Waals surface area contributed by atoms with Gasteiger partial charge in [-0.25, -0.2) is 18.3 Å². The third-order valence-corrected chi connectivity index (χ3v) is 8.50. The van der Waals surface area contributed by atoms with Crippen LogP contribution in [0.25, 0.3) is 11.3 Å². The molecule has 0 bridgehead atoms. The summed E-state index contributed by atoms with van der Waals surface area (Å²) < 4.78 is 35.4. The molecule has 3 unspecified atom stereocenters. The van der Waals surface area contributed by atoms with Crippen LogP contribution in [0.2, 0.25) is 0 Å². The van der Waals surface area contributed by atoms with Crippen molar-refractivity contribution in [1.82, 2.24) is 20.3 Å². The van der Waals surface area contributed by atoms with Gasteiger partial charge in [0.2, 0.25) is 5.91 Å². The van der Waals surface area contributed by atoms with Gasteiger partial charge < -0.3 is 15.8 Å². The minimum atomic E-state index is -0.895. The van der Waals surface area contributed by atoms with E-state index in [1.165, 1.54) is 0 Å². The van der Waals surface area contributed by atoms with Crippen LogP contribution in [0.1, 0.15) is 71.5 Å². The topological polar surface area (TPSA) is 115 Å². The molecule has 5 rings (SSSR count). The van der Waals surface area contributed by atoms with E-state index in [0.717, 1.165) is 11.6 Å². The van der Waals surface area contributed by atoms with E-state index in [4.69, 9.17) is 10.5 Å². The lowest BCUT2D eigenvalue weighted by Crippen LogP contribution is -2.53. The van der Waals surface area contributed by atoms with Gasteiger partial charge in [0.15, 0.2) is 5.82 Å². The molecule has 2 heterocycles. The molecule has 9 nitrogen and oxygen atoms in total. The summed E-state index contributed by atoms with van der Waals surface area (Å²) in [4.78, 5) is 28.4. The number of hydrogen-bond acceptors (Lipinski definition) is 6. The van der Waals surface area contributed by atoms with Crippen LogP contribution in [0.15, 0.2) is 41.0 Å². The molecule has 218 valence electrons. The van der Waals surface area contributed by atoms with Crippen LogP contribution in [-0.2, 0) is 9.53 Å². The van der Waals surface area contributed by atoms with E-state index < -0.39 is 34.9 Å². The van der Waals surface area contributed by atoms with Gasteiger partial charge in [0, 0.05) is 17.0 Å². The lowest BCUT2D eigenvalue weighted by molar-refractivity contribution is -0.126. The van der Waals surface area contributed by atoms with Crippen molar-refractivity contribution in [2.75, 3.05) is 10.6 Å². The van der Waals surface area contributed by atoms with Gasteiger partial charge in [-0.2, -0.15) is 0 Å². The predicted molar refractivity (Wildman–Crippen MR) is 154 cm³/mol. The van der Waals surface area contributed by atoms with Gasteiger partial charge in [0.25, 0.3) is 0 Å². The summed E-state index contributed by atoms with van der Waals surface area (Å²) >= 11 is 2.85. The van der Waals surface area contributed by atoms with Gasteiger partial charge in [-0.1, -0.05) is 23.4 Å². The molecule has 2 aromatic carbocycles. The smallest absolute Gasteiger partial charge is 0.415 e. The summed E-state index contributed by atoms with van der Waals surface area (Å²) in [6.07, 6.45) is 2.94. The summed E-state index contributed by atoms with van der Waals surface area (Å²) in [7, 11) is 0. The number of rotatable bonds is 4. The van der Waals surface area contributed by atoms with Crippen molar-refractivity contribution in [3.05, 3.63) is 58.2 Å². The molecule has 0 spiro atoms. The van der Waals surface area contributed by atoms with Gasteiger partial charge >= 0.3 is 6.09 Å². The van der Waals surface area contributed by atoms with Crippen LogP contribution in [0.4, 0.5) is 25.0 Å². The number of amides is 2. The number of nitrogens with one attached hydrogen (secondary N) is 1. The van der Waals surface area contributed by atoms with Crippen LogP contribution in [-0.4, -0.2) is 38.1 Å². The van der Waals surface area contributed by atoms with Crippen LogP contribution < -0.4 is 16.0 Å². The summed E-state index contributed by atoms with van der Waals surface area (Å²) in [6, 6.07) is 8.06. The van der Waals surface area contributed by atoms with E-state index >= 15 is 0 Å². The zero-order valence-corrected chi connectivity index (χ0v) is 25.1. The highest BCUT2D eigenvalue weighted by molar-refractivity contribution is 9.10. The Bertz CT molecular complexity index is 1520. The Kier molecular flexibility index (Phi) is 7.33. The maximum Gasteiger partial charge on any atom is 0.415 e. The number of ether oxygens (including phenoxy) is 1. The summed E-state index contributed by atoms with van der Waals surface area (Å²) in [5.41, 5.74) is 6.09. The molecule has 2 aliphatic rings. The number of anilines is 2. The third-order valence-electron chi connectivity index (χ3n) is 7.77. The van der Waals surface area contributed by atoms with E-state index in [1.54, 1.807) is 15.8 Å². The zero-order valence-electron chi connectivity index (χ0n) is 23.5. The Morgan fingerprint density at radius 3 is 2.61 bits per heavy atom. The molecule has 0 radical (unpaired) electrons.